The van der Waals surface area contributed by atoms with Gasteiger partial charge < -0.3 is 15.6 Å². The second-order valence-corrected chi connectivity index (χ2v) is 3.99. The highest BCUT2D eigenvalue weighted by Gasteiger charge is 2.25. The number of nitrogens with zero attached hydrogens (tertiary/aromatic N) is 2. The van der Waals surface area contributed by atoms with E-state index in [-0.39, 0.29) is 12.6 Å². The van der Waals surface area contributed by atoms with Crippen LogP contribution in [0, 0.1) is 0 Å². The Kier molecular flexibility index (Phi) is 3.03. The summed E-state index contributed by atoms with van der Waals surface area (Å²) in [4.78, 5) is 16.5. The van der Waals surface area contributed by atoms with Crippen molar-refractivity contribution in [2.24, 2.45) is 0 Å². The average Bonchev–Trinajstić information content (AvgIpc) is 2.47. The number of aromatic nitrogens is 1. The molecule has 1 aromatic rings. The molecule has 0 radical (unpaired) electrons. The minimum absolute atomic E-state index is 0.141. The number of pyridine rings is 1. The van der Waals surface area contributed by atoms with Gasteiger partial charge in [-0.15, -0.1) is 0 Å². The van der Waals surface area contributed by atoms with E-state index in [0.29, 0.717) is 23.8 Å². The Balaban J connectivity index is 2.35. The lowest BCUT2D eigenvalue weighted by Crippen LogP contribution is -2.36. The lowest BCUT2D eigenvalue weighted by atomic mass is 10.2. The number of rotatable bonds is 1. The van der Waals surface area contributed by atoms with E-state index in [0.717, 1.165) is 6.42 Å². The van der Waals surface area contributed by atoms with Crippen molar-refractivity contribution < 1.29 is 14.6 Å². The Labute approximate surface area is 99.0 Å². The summed E-state index contributed by atoms with van der Waals surface area (Å²) in [5.74, 6) is 0.988. The molecule has 1 aliphatic heterocycles. The summed E-state index contributed by atoms with van der Waals surface area (Å²) < 4.78 is 5.72. The smallest absolute Gasteiger partial charge is 0.407 e. The molecule has 6 nitrogen and oxygen atoms in total. The van der Waals surface area contributed by atoms with Crippen LogP contribution in [0.3, 0.4) is 0 Å². The third kappa shape index (κ3) is 2.41. The summed E-state index contributed by atoms with van der Waals surface area (Å²) in [7, 11) is 0. The number of fused-ring (bicyclic) bond motifs is 1. The number of nitrogens with two attached hydrogens (primary N) is 1. The van der Waals surface area contributed by atoms with Crippen LogP contribution in [0.15, 0.2) is 12.1 Å². The Hall–Kier alpha value is -1.98. The number of anilines is 1. The SMILES string of the molecule is CC[C@@H]1CN(C(=O)O)Cc2nc(N)ccc2O1. The minimum Gasteiger partial charge on any atom is -0.487 e. The maximum atomic E-state index is 11.1. The topological polar surface area (TPSA) is 88.7 Å². The Morgan fingerprint density at radius 3 is 3.12 bits per heavy atom. The molecule has 1 amide bonds. The molecule has 0 aromatic carbocycles. The van der Waals surface area contributed by atoms with Gasteiger partial charge in [-0.1, -0.05) is 6.92 Å². The highest BCUT2D eigenvalue weighted by Crippen LogP contribution is 2.25. The first-order valence-corrected chi connectivity index (χ1v) is 5.50. The van der Waals surface area contributed by atoms with Crippen LogP contribution in [0.25, 0.3) is 0 Å². The molecule has 2 heterocycles. The van der Waals surface area contributed by atoms with Crippen LogP contribution in [0.1, 0.15) is 19.0 Å². The molecule has 0 fully saturated rings. The summed E-state index contributed by atoms with van der Waals surface area (Å²) in [6, 6.07) is 3.40. The summed E-state index contributed by atoms with van der Waals surface area (Å²) in [5.41, 5.74) is 6.16. The summed E-state index contributed by atoms with van der Waals surface area (Å²) >= 11 is 0. The minimum atomic E-state index is -0.968. The third-order valence-corrected chi connectivity index (χ3v) is 2.74. The zero-order chi connectivity index (χ0) is 12.4. The largest absolute Gasteiger partial charge is 0.487 e. The highest BCUT2D eigenvalue weighted by molar-refractivity contribution is 5.65. The van der Waals surface area contributed by atoms with Crippen molar-refractivity contribution in [3.8, 4) is 5.75 Å². The van der Waals surface area contributed by atoms with Gasteiger partial charge >= 0.3 is 6.09 Å². The zero-order valence-corrected chi connectivity index (χ0v) is 9.59. The summed E-state index contributed by atoms with van der Waals surface area (Å²) in [5, 5.41) is 9.08. The van der Waals surface area contributed by atoms with Crippen LogP contribution < -0.4 is 10.5 Å². The summed E-state index contributed by atoms with van der Waals surface area (Å²) in [6.45, 7) is 2.52. The van der Waals surface area contributed by atoms with E-state index in [1.54, 1.807) is 12.1 Å². The van der Waals surface area contributed by atoms with E-state index >= 15 is 0 Å². The number of hydrogen-bond acceptors (Lipinski definition) is 4. The Morgan fingerprint density at radius 2 is 2.47 bits per heavy atom. The second kappa shape index (κ2) is 4.48. The van der Waals surface area contributed by atoms with E-state index in [9.17, 15) is 4.79 Å². The van der Waals surface area contributed by atoms with Crippen molar-refractivity contribution in [2.75, 3.05) is 12.3 Å². The number of ether oxygens (including phenoxy) is 1. The monoisotopic (exact) mass is 237 g/mol. The van der Waals surface area contributed by atoms with Crippen molar-refractivity contribution in [2.45, 2.75) is 26.0 Å². The molecule has 0 aliphatic carbocycles. The van der Waals surface area contributed by atoms with Crippen LogP contribution in [0.2, 0.25) is 0 Å². The predicted octanol–water partition coefficient (Wildman–Crippen LogP) is 1.31. The van der Waals surface area contributed by atoms with E-state index in [1.807, 2.05) is 6.92 Å². The van der Waals surface area contributed by atoms with Gasteiger partial charge in [-0.05, 0) is 18.6 Å². The molecule has 6 heteroatoms. The first-order chi connectivity index (χ1) is 8.10. The molecule has 0 saturated carbocycles. The highest BCUT2D eigenvalue weighted by atomic mass is 16.5. The first-order valence-electron chi connectivity index (χ1n) is 5.50. The number of carbonyl (C=O) groups is 1. The molecule has 0 spiro atoms. The van der Waals surface area contributed by atoms with Gasteiger partial charge in [-0.2, -0.15) is 0 Å². The van der Waals surface area contributed by atoms with E-state index < -0.39 is 6.09 Å². The quantitative estimate of drug-likeness (QED) is 0.768. The van der Waals surface area contributed by atoms with Crippen molar-refractivity contribution in [3.63, 3.8) is 0 Å². The molecule has 2 rings (SSSR count). The number of nitrogen functional groups attached to an aromatic ring is 1. The molecule has 1 aliphatic rings. The van der Waals surface area contributed by atoms with Crippen LogP contribution in [0.5, 0.6) is 5.75 Å². The zero-order valence-electron chi connectivity index (χ0n) is 9.59. The molecule has 0 unspecified atom stereocenters. The standard InChI is InChI=1S/C11H15N3O3/c1-2-7-5-14(11(15)16)6-8-9(17-7)3-4-10(12)13-8/h3-4,7H,2,5-6H2,1H3,(H2,12,13)(H,15,16)/t7-/m1/s1. The fraction of sp³-hybridized carbons (Fsp3) is 0.455. The number of amides is 1. The van der Waals surface area contributed by atoms with E-state index in [4.69, 9.17) is 15.6 Å². The Morgan fingerprint density at radius 1 is 1.71 bits per heavy atom. The normalized spacial score (nSPS) is 19.1. The molecule has 0 bridgehead atoms. The maximum Gasteiger partial charge on any atom is 0.407 e. The molecule has 0 saturated heterocycles. The van der Waals surface area contributed by atoms with Gasteiger partial charge in [0.15, 0.2) is 0 Å². The van der Waals surface area contributed by atoms with E-state index in [2.05, 4.69) is 4.98 Å². The fourth-order valence-corrected chi connectivity index (χ4v) is 1.79. The average molecular weight is 237 g/mol. The van der Waals surface area contributed by atoms with E-state index in [1.165, 1.54) is 4.90 Å². The lowest BCUT2D eigenvalue weighted by molar-refractivity contribution is 0.114. The van der Waals surface area contributed by atoms with Crippen molar-refractivity contribution in [1.82, 2.24) is 9.88 Å². The summed E-state index contributed by atoms with van der Waals surface area (Å²) in [6.07, 6.45) is -0.366. The van der Waals surface area contributed by atoms with Gasteiger partial charge in [0, 0.05) is 0 Å². The number of carboxylic acid groups (broad SMARTS) is 1. The Bertz CT molecular complexity index is 436. The maximum absolute atomic E-state index is 11.1. The van der Waals surface area contributed by atoms with Crippen molar-refractivity contribution in [3.05, 3.63) is 17.8 Å². The van der Waals surface area contributed by atoms with Crippen LogP contribution in [0.4, 0.5) is 10.6 Å². The number of hydrogen-bond donors (Lipinski definition) is 2. The molecule has 3 N–H and O–H groups in total. The van der Waals surface area contributed by atoms with Crippen LogP contribution >= 0.6 is 0 Å². The lowest BCUT2D eigenvalue weighted by Gasteiger charge is -2.19. The van der Waals surface area contributed by atoms with Gasteiger partial charge in [0.2, 0.25) is 0 Å². The van der Waals surface area contributed by atoms with Crippen LogP contribution in [-0.2, 0) is 6.54 Å². The fourth-order valence-electron chi connectivity index (χ4n) is 1.79. The molecule has 92 valence electrons. The third-order valence-electron chi connectivity index (χ3n) is 2.74. The second-order valence-electron chi connectivity index (χ2n) is 3.99. The molecular formula is C11H15N3O3. The van der Waals surface area contributed by atoms with Gasteiger partial charge in [-0.25, -0.2) is 9.78 Å². The van der Waals surface area contributed by atoms with Gasteiger partial charge in [-0.3, -0.25) is 4.90 Å². The molecule has 1 atom stereocenters. The molecule has 17 heavy (non-hydrogen) atoms. The van der Waals surface area contributed by atoms with Gasteiger partial charge in [0.1, 0.15) is 23.4 Å². The van der Waals surface area contributed by atoms with Crippen molar-refractivity contribution >= 4 is 11.9 Å². The van der Waals surface area contributed by atoms with Gasteiger partial charge in [0.25, 0.3) is 0 Å². The van der Waals surface area contributed by atoms with Crippen LogP contribution in [-0.4, -0.2) is 33.7 Å². The van der Waals surface area contributed by atoms with Gasteiger partial charge in [0.05, 0.1) is 13.1 Å². The predicted molar refractivity (Wildman–Crippen MR) is 61.8 cm³/mol. The van der Waals surface area contributed by atoms with Crippen molar-refractivity contribution in [1.29, 1.82) is 0 Å². The first kappa shape index (κ1) is 11.5. The molecule has 1 aromatic heterocycles. The molecular weight excluding hydrogens is 222 g/mol.